The molecule has 5 nitrogen and oxygen atoms in total. The minimum Gasteiger partial charge on any atom is -0.481 e. The molecular formula is C22H34O5. The third-order valence-electron chi connectivity index (χ3n) is 6.22. The van der Waals surface area contributed by atoms with Gasteiger partial charge in [-0.1, -0.05) is 50.5 Å². The number of allylic oxidation sites excluding steroid dienone is 2. The quantitative estimate of drug-likeness (QED) is 0.396. The molecule has 0 saturated carbocycles. The number of hydrogen-bond acceptors (Lipinski definition) is 4. The van der Waals surface area contributed by atoms with Crippen LogP contribution in [-0.2, 0) is 14.3 Å². The van der Waals surface area contributed by atoms with Crippen LogP contribution in [0.5, 0.6) is 0 Å². The molecule has 4 rings (SSSR count). The van der Waals surface area contributed by atoms with Crippen molar-refractivity contribution in [2.75, 3.05) is 0 Å². The van der Waals surface area contributed by atoms with Gasteiger partial charge in [-0.15, -0.1) is 0 Å². The van der Waals surface area contributed by atoms with Gasteiger partial charge >= 0.3 is 5.97 Å². The highest BCUT2D eigenvalue weighted by Gasteiger charge is 2.62. The number of rotatable bonds is 12. The highest BCUT2D eigenvalue weighted by Crippen LogP contribution is 2.55. The molecule has 4 aliphatic heterocycles. The summed E-state index contributed by atoms with van der Waals surface area (Å²) in [4.78, 5) is 10.6. The summed E-state index contributed by atoms with van der Waals surface area (Å²) in [5.41, 5.74) is -0.312. The average Bonchev–Trinajstić information content (AvgIpc) is 3.09. The first kappa shape index (κ1) is 20.6. The molecule has 27 heavy (non-hydrogen) atoms. The van der Waals surface area contributed by atoms with Gasteiger partial charge in [0, 0.05) is 25.2 Å². The van der Waals surface area contributed by atoms with Crippen LogP contribution >= 0.6 is 0 Å². The van der Waals surface area contributed by atoms with Crippen LogP contribution in [0, 0.1) is 5.92 Å². The number of aliphatic hydroxyl groups excluding tert-OH is 1. The Hall–Kier alpha value is -1.17. The van der Waals surface area contributed by atoms with E-state index >= 15 is 0 Å². The molecule has 5 heteroatoms. The number of carbonyl (C=O) groups is 1. The fraction of sp³-hybridized carbons (Fsp3) is 0.773. The minimum absolute atomic E-state index is 0.202. The fourth-order valence-electron chi connectivity index (χ4n) is 4.80. The number of carboxylic acids is 1. The Bertz CT molecular complexity index is 541. The second-order valence-electron chi connectivity index (χ2n) is 8.29. The maximum atomic E-state index is 10.6. The molecule has 4 aliphatic rings. The van der Waals surface area contributed by atoms with Crippen LogP contribution < -0.4 is 0 Å². The molecule has 6 atom stereocenters. The maximum absolute atomic E-state index is 10.6. The van der Waals surface area contributed by atoms with Crippen molar-refractivity contribution in [2.24, 2.45) is 5.92 Å². The van der Waals surface area contributed by atoms with Gasteiger partial charge in [-0.2, -0.15) is 0 Å². The lowest BCUT2D eigenvalue weighted by Crippen LogP contribution is -2.48. The van der Waals surface area contributed by atoms with Gasteiger partial charge in [-0.25, -0.2) is 0 Å². The molecular weight excluding hydrogens is 344 g/mol. The molecule has 4 bridgehead atoms. The van der Waals surface area contributed by atoms with E-state index in [1.54, 1.807) is 0 Å². The van der Waals surface area contributed by atoms with Gasteiger partial charge in [0.2, 0.25) is 0 Å². The molecule has 2 N–H and O–H groups in total. The lowest BCUT2D eigenvalue weighted by molar-refractivity contribution is -0.137. The predicted molar refractivity (Wildman–Crippen MR) is 104 cm³/mol. The minimum atomic E-state index is -0.739. The zero-order valence-electron chi connectivity index (χ0n) is 16.4. The van der Waals surface area contributed by atoms with Crippen molar-refractivity contribution in [3.05, 3.63) is 24.3 Å². The van der Waals surface area contributed by atoms with E-state index in [9.17, 15) is 9.90 Å². The van der Waals surface area contributed by atoms with E-state index in [0.29, 0.717) is 6.42 Å². The van der Waals surface area contributed by atoms with E-state index in [1.807, 2.05) is 6.08 Å². The molecule has 0 spiro atoms. The molecule has 0 aliphatic carbocycles. The molecule has 0 aromatic carbocycles. The highest BCUT2D eigenvalue weighted by atomic mass is 16.6. The number of carboxylic acid groups (broad SMARTS) is 1. The summed E-state index contributed by atoms with van der Waals surface area (Å²) in [6.07, 6.45) is 17.1. The smallest absolute Gasteiger partial charge is 0.303 e. The lowest BCUT2D eigenvalue weighted by Gasteiger charge is -2.43. The van der Waals surface area contributed by atoms with Gasteiger partial charge in [0.05, 0.1) is 30.0 Å². The van der Waals surface area contributed by atoms with Gasteiger partial charge < -0.3 is 19.7 Å². The summed E-state index contributed by atoms with van der Waals surface area (Å²) in [7, 11) is 0. The fourth-order valence-corrected chi connectivity index (χ4v) is 4.80. The van der Waals surface area contributed by atoms with Crippen LogP contribution in [0.15, 0.2) is 24.3 Å². The Kier molecular flexibility index (Phi) is 7.12. The Balaban J connectivity index is 1.56. The first-order chi connectivity index (χ1) is 13.0. The molecule has 0 radical (unpaired) electrons. The second-order valence-corrected chi connectivity index (χ2v) is 8.29. The Morgan fingerprint density at radius 1 is 1.22 bits per heavy atom. The van der Waals surface area contributed by atoms with E-state index in [4.69, 9.17) is 14.6 Å². The summed E-state index contributed by atoms with van der Waals surface area (Å²) in [6.45, 7) is 2.17. The molecule has 152 valence electrons. The molecule has 4 saturated heterocycles. The van der Waals surface area contributed by atoms with E-state index in [1.165, 1.54) is 0 Å². The highest BCUT2D eigenvalue weighted by molar-refractivity contribution is 5.66. The van der Waals surface area contributed by atoms with Crippen LogP contribution in [0.3, 0.4) is 0 Å². The van der Waals surface area contributed by atoms with Crippen molar-refractivity contribution >= 4 is 5.97 Å². The largest absolute Gasteiger partial charge is 0.481 e. The first-order valence-electron chi connectivity index (χ1n) is 10.6. The van der Waals surface area contributed by atoms with Gasteiger partial charge in [0.15, 0.2) is 0 Å². The van der Waals surface area contributed by atoms with Gasteiger partial charge in [0.25, 0.3) is 0 Å². The summed E-state index contributed by atoms with van der Waals surface area (Å²) in [6, 6.07) is 0. The SMILES string of the molecule is CCCCCC(O)/C=C/C12CC3OC(CC3O1)C2C/C=C\CCCC(=O)O. The topological polar surface area (TPSA) is 76.0 Å². The number of unbranched alkanes of at least 4 members (excludes halogenated alkanes) is 3. The van der Waals surface area contributed by atoms with Crippen LogP contribution in [0.25, 0.3) is 0 Å². The van der Waals surface area contributed by atoms with Crippen molar-refractivity contribution in [1.29, 1.82) is 0 Å². The predicted octanol–water partition coefficient (Wildman–Crippen LogP) is 4.00. The first-order valence-corrected chi connectivity index (χ1v) is 10.6. The van der Waals surface area contributed by atoms with Crippen molar-refractivity contribution in [3.63, 3.8) is 0 Å². The third-order valence-corrected chi connectivity index (χ3v) is 6.22. The summed E-state index contributed by atoms with van der Waals surface area (Å²) < 4.78 is 12.6. The molecule has 0 amide bonds. The summed E-state index contributed by atoms with van der Waals surface area (Å²) in [5, 5.41) is 19.0. The molecule has 4 heterocycles. The van der Waals surface area contributed by atoms with Crippen molar-refractivity contribution in [3.8, 4) is 0 Å². The molecule has 0 aromatic heterocycles. The standard InChI is InChI=1S/C22H34O5/c1-2-3-6-9-16(23)12-13-22-15-20-19(27-22)14-18(26-20)17(22)10-7-4-5-8-11-21(24)25/h4,7,12-13,16-20,23H,2-3,5-6,8-11,14-15H2,1H3,(H,24,25)/b7-4-,13-12+. The van der Waals surface area contributed by atoms with E-state index in [0.717, 1.165) is 51.4 Å². The number of ether oxygens (including phenoxy) is 2. The van der Waals surface area contributed by atoms with Crippen LogP contribution in [0.4, 0.5) is 0 Å². The van der Waals surface area contributed by atoms with Gasteiger partial charge in [-0.05, 0) is 25.7 Å². The Morgan fingerprint density at radius 2 is 2.07 bits per heavy atom. The number of aliphatic carboxylic acids is 1. The van der Waals surface area contributed by atoms with Gasteiger partial charge in [0.1, 0.15) is 0 Å². The van der Waals surface area contributed by atoms with Crippen molar-refractivity contribution in [2.45, 2.75) is 101 Å². The normalized spacial score (nSPS) is 35.6. The molecule has 0 aromatic rings. The zero-order chi connectivity index (χ0) is 19.3. The summed E-state index contributed by atoms with van der Waals surface area (Å²) in [5.74, 6) is -0.473. The van der Waals surface area contributed by atoms with Crippen LogP contribution in [-0.4, -0.2) is 46.2 Å². The molecule has 6 unspecified atom stereocenters. The monoisotopic (exact) mass is 378 g/mol. The van der Waals surface area contributed by atoms with Crippen molar-refractivity contribution < 1.29 is 24.5 Å². The lowest BCUT2D eigenvalue weighted by atomic mass is 9.76. The maximum Gasteiger partial charge on any atom is 0.303 e. The number of aliphatic hydroxyl groups is 1. The Labute approximate surface area is 162 Å². The number of hydrogen-bond donors (Lipinski definition) is 2. The second kappa shape index (κ2) is 9.35. The van der Waals surface area contributed by atoms with Crippen LogP contribution in [0.2, 0.25) is 0 Å². The zero-order valence-corrected chi connectivity index (χ0v) is 16.4. The third kappa shape index (κ3) is 5.01. The van der Waals surface area contributed by atoms with E-state index in [2.05, 4.69) is 25.2 Å². The molecule has 4 fully saturated rings. The van der Waals surface area contributed by atoms with Gasteiger partial charge in [-0.3, -0.25) is 4.79 Å². The van der Waals surface area contributed by atoms with Crippen LogP contribution in [0.1, 0.15) is 71.1 Å². The summed E-state index contributed by atoms with van der Waals surface area (Å²) >= 11 is 0. The Morgan fingerprint density at radius 3 is 2.81 bits per heavy atom. The van der Waals surface area contributed by atoms with E-state index < -0.39 is 12.1 Å². The average molecular weight is 379 g/mol. The van der Waals surface area contributed by atoms with Crippen molar-refractivity contribution in [1.82, 2.24) is 0 Å². The van der Waals surface area contributed by atoms with E-state index in [-0.39, 0.29) is 36.3 Å².